The maximum atomic E-state index is 12.5. The van der Waals surface area contributed by atoms with Crippen molar-refractivity contribution in [3.63, 3.8) is 0 Å². The first kappa shape index (κ1) is 14.1. The highest BCUT2D eigenvalue weighted by molar-refractivity contribution is 5.83. The molecule has 2 aliphatic heterocycles. The molecule has 2 fully saturated rings. The highest BCUT2D eigenvalue weighted by Gasteiger charge is 2.35. The molecule has 0 bridgehead atoms. The van der Waals surface area contributed by atoms with Gasteiger partial charge in [-0.3, -0.25) is 0 Å². The van der Waals surface area contributed by atoms with Crippen molar-refractivity contribution in [2.24, 2.45) is 0 Å². The summed E-state index contributed by atoms with van der Waals surface area (Å²) in [5, 5.41) is 9.29. The van der Waals surface area contributed by atoms with Crippen LogP contribution in [-0.4, -0.2) is 65.8 Å². The molecule has 2 unspecified atom stereocenters. The summed E-state index contributed by atoms with van der Waals surface area (Å²) >= 11 is 0. The van der Waals surface area contributed by atoms with Crippen LogP contribution in [-0.2, 0) is 9.53 Å². The zero-order valence-electron chi connectivity index (χ0n) is 11.4. The van der Waals surface area contributed by atoms with Crippen molar-refractivity contribution < 1.29 is 19.4 Å². The number of aliphatic carboxylic acids is 1. The van der Waals surface area contributed by atoms with Crippen LogP contribution in [0.1, 0.15) is 32.1 Å². The highest BCUT2D eigenvalue weighted by Crippen LogP contribution is 2.21. The molecule has 2 heterocycles. The molecule has 0 radical (unpaired) electrons. The Hall–Kier alpha value is -1.30. The fourth-order valence-electron chi connectivity index (χ4n) is 2.87. The quantitative estimate of drug-likeness (QED) is 0.817. The summed E-state index contributed by atoms with van der Waals surface area (Å²) in [4.78, 5) is 27.0. The van der Waals surface area contributed by atoms with Gasteiger partial charge in [-0.25, -0.2) is 9.59 Å². The number of nitrogens with zero attached hydrogens (tertiary/aromatic N) is 2. The fraction of sp³-hybridized carbons (Fsp3) is 0.846. The van der Waals surface area contributed by atoms with E-state index in [-0.39, 0.29) is 12.1 Å². The minimum atomic E-state index is -0.891. The smallest absolute Gasteiger partial charge is 0.326 e. The molecule has 2 atom stereocenters. The van der Waals surface area contributed by atoms with Crippen LogP contribution in [0.25, 0.3) is 0 Å². The van der Waals surface area contributed by atoms with E-state index in [0.29, 0.717) is 26.1 Å². The van der Waals surface area contributed by atoms with E-state index >= 15 is 0 Å². The molecular weight excluding hydrogens is 248 g/mol. The van der Waals surface area contributed by atoms with Gasteiger partial charge in [0.25, 0.3) is 0 Å². The SMILES string of the molecule is COC1CCN(C(=O)N2CCCCCC2C(=O)O)C1. The summed E-state index contributed by atoms with van der Waals surface area (Å²) in [5.41, 5.74) is 0. The van der Waals surface area contributed by atoms with Crippen molar-refractivity contribution in [1.29, 1.82) is 0 Å². The van der Waals surface area contributed by atoms with Crippen molar-refractivity contribution in [3.8, 4) is 0 Å². The van der Waals surface area contributed by atoms with Gasteiger partial charge in [-0.1, -0.05) is 12.8 Å². The predicted octanol–water partition coefficient (Wildman–Crippen LogP) is 1.16. The van der Waals surface area contributed by atoms with E-state index in [9.17, 15) is 14.7 Å². The van der Waals surface area contributed by atoms with E-state index < -0.39 is 12.0 Å². The molecule has 2 saturated heterocycles. The van der Waals surface area contributed by atoms with Gasteiger partial charge in [-0.15, -0.1) is 0 Å². The number of rotatable bonds is 2. The second kappa shape index (κ2) is 6.23. The summed E-state index contributed by atoms with van der Waals surface area (Å²) in [6.45, 7) is 1.77. The Bertz CT molecular complexity index is 348. The Morgan fingerprint density at radius 1 is 1.16 bits per heavy atom. The maximum absolute atomic E-state index is 12.5. The van der Waals surface area contributed by atoms with E-state index in [0.717, 1.165) is 25.7 Å². The van der Waals surface area contributed by atoms with Crippen LogP contribution in [0, 0.1) is 0 Å². The first-order chi connectivity index (χ1) is 9.13. The molecule has 2 aliphatic rings. The van der Waals surface area contributed by atoms with Crippen LogP contribution in [0.5, 0.6) is 0 Å². The molecule has 2 rings (SSSR count). The largest absolute Gasteiger partial charge is 0.480 e. The van der Waals surface area contributed by atoms with Gasteiger partial charge in [0.2, 0.25) is 0 Å². The number of hydrogen-bond acceptors (Lipinski definition) is 3. The van der Waals surface area contributed by atoms with Crippen LogP contribution < -0.4 is 0 Å². The van der Waals surface area contributed by atoms with Gasteiger partial charge < -0.3 is 19.6 Å². The fourth-order valence-corrected chi connectivity index (χ4v) is 2.87. The number of methoxy groups -OCH3 is 1. The summed E-state index contributed by atoms with van der Waals surface area (Å²) in [5.74, 6) is -0.891. The number of ether oxygens (including phenoxy) is 1. The van der Waals surface area contributed by atoms with Gasteiger partial charge in [0.15, 0.2) is 0 Å². The standard InChI is InChI=1S/C13H22N2O4/c1-19-10-6-8-14(9-10)13(18)15-7-4-2-3-5-11(15)12(16)17/h10-11H,2-9H2,1H3,(H,16,17). The van der Waals surface area contributed by atoms with E-state index in [1.54, 1.807) is 12.0 Å². The Morgan fingerprint density at radius 2 is 1.95 bits per heavy atom. The molecule has 0 saturated carbocycles. The van der Waals surface area contributed by atoms with Crippen molar-refractivity contribution >= 4 is 12.0 Å². The number of urea groups is 1. The number of carbonyl (C=O) groups is 2. The van der Waals surface area contributed by atoms with Crippen LogP contribution in [0.3, 0.4) is 0 Å². The molecule has 19 heavy (non-hydrogen) atoms. The third kappa shape index (κ3) is 3.18. The molecule has 1 N–H and O–H groups in total. The zero-order chi connectivity index (χ0) is 13.8. The number of likely N-dealkylation sites (tertiary alicyclic amines) is 2. The Balaban J connectivity index is 2.04. The number of carbonyl (C=O) groups excluding carboxylic acids is 1. The van der Waals surface area contributed by atoms with Gasteiger partial charge in [0.05, 0.1) is 6.10 Å². The van der Waals surface area contributed by atoms with Crippen LogP contribution in [0.15, 0.2) is 0 Å². The van der Waals surface area contributed by atoms with Crippen LogP contribution in [0.2, 0.25) is 0 Å². The maximum Gasteiger partial charge on any atom is 0.326 e. The van der Waals surface area contributed by atoms with Crippen LogP contribution >= 0.6 is 0 Å². The summed E-state index contributed by atoms with van der Waals surface area (Å²) < 4.78 is 5.25. The van der Waals surface area contributed by atoms with E-state index in [1.165, 1.54) is 4.90 Å². The average Bonchev–Trinajstić information content (AvgIpc) is 2.74. The summed E-state index contributed by atoms with van der Waals surface area (Å²) in [7, 11) is 1.64. The predicted molar refractivity (Wildman–Crippen MR) is 69.0 cm³/mol. The van der Waals surface area contributed by atoms with Crippen molar-refractivity contribution in [2.45, 2.75) is 44.2 Å². The number of carboxylic acid groups (broad SMARTS) is 1. The molecule has 0 aromatic rings. The molecule has 6 heteroatoms. The summed E-state index contributed by atoms with van der Waals surface area (Å²) in [6.07, 6.45) is 4.22. The lowest BCUT2D eigenvalue weighted by Crippen LogP contribution is -2.50. The first-order valence-corrected chi connectivity index (χ1v) is 6.94. The van der Waals surface area contributed by atoms with Crippen LogP contribution in [0.4, 0.5) is 4.79 Å². The van der Waals surface area contributed by atoms with Gasteiger partial charge in [0.1, 0.15) is 6.04 Å². The molecule has 6 nitrogen and oxygen atoms in total. The van der Waals surface area contributed by atoms with Gasteiger partial charge in [-0.2, -0.15) is 0 Å². The molecule has 2 amide bonds. The van der Waals surface area contributed by atoms with Crippen molar-refractivity contribution in [3.05, 3.63) is 0 Å². The number of hydrogen-bond donors (Lipinski definition) is 1. The lowest BCUT2D eigenvalue weighted by molar-refractivity contribution is -0.142. The molecule has 108 valence electrons. The lowest BCUT2D eigenvalue weighted by atomic mass is 10.1. The minimum Gasteiger partial charge on any atom is -0.480 e. The second-order valence-corrected chi connectivity index (χ2v) is 5.27. The normalized spacial score (nSPS) is 28.3. The Labute approximate surface area is 113 Å². The molecule has 0 spiro atoms. The van der Waals surface area contributed by atoms with E-state index in [4.69, 9.17) is 4.74 Å². The Morgan fingerprint density at radius 3 is 2.58 bits per heavy atom. The third-order valence-electron chi connectivity index (χ3n) is 4.03. The van der Waals surface area contributed by atoms with E-state index in [1.807, 2.05) is 0 Å². The third-order valence-corrected chi connectivity index (χ3v) is 4.03. The second-order valence-electron chi connectivity index (χ2n) is 5.27. The first-order valence-electron chi connectivity index (χ1n) is 6.94. The lowest BCUT2D eigenvalue weighted by Gasteiger charge is -2.31. The topological polar surface area (TPSA) is 70.1 Å². The van der Waals surface area contributed by atoms with Crippen molar-refractivity contribution in [2.75, 3.05) is 26.7 Å². The summed E-state index contributed by atoms with van der Waals surface area (Å²) in [6, 6.07) is -0.814. The Kier molecular flexibility index (Phi) is 4.63. The van der Waals surface area contributed by atoms with Gasteiger partial charge in [-0.05, 0) is 19.3 Å². The number of amides is 2. The monoisotopic (exact) mass is 270 g/mol. The average molecular weight is 270 g/mol. The zero-order valence-corrected chi connectivity index (χ0v) is 11.4. The number of carboxylic acids is 1. The molecule has 0 aliphatic carbocycles. The molecule has 0 aromatic carbocycles. The van der Waals surface area contributed by atoms with Gasteiger partial charge in [0, 0.05) is 26.7 Å². The highest BCUT2D eigenvalue weighted by atomic mass is 16.5. The minimum absolute atomic E-state index is 0.0826. The van der Waals surface area contributed by atoms with Crippen molar-refractivity contribution in [1.82, 2.24) is 9.80 Å². The van der Waals surface area contributed by atoms with Gasteiger partial charge >= 0.3 is 12.0 Å². The van der Waals surface area contributed by atoms with E-state index in [2.05, 4.69) is 0 Å². The molecule has 0 aromatic heterocycles. The molecular formula is C13H22N2O4.